The lowest BCUT2D eigenvalue weighted by Crippen LogP contribution is -2.30. The molecule has 2 amide bonds. The second-order valence-electron chi connectivity index (χ2n) is 3.38. The number of aromatic carboxylic acids is 1. The molecule has 0 fully saturated rings. The van der Waals surface area contributed by atoms with Crippen LogP contribution in [0.3, 0.4) is 0 Å². The van der Waals surface area contributed by atoms with Crippen molar-refractivity contribution < 1.29 is 19.8 Å². The highest BCUT2D eigenvalue weighted by Crippen LogP contribution is 2.27. The minimum absolute atomic E-state index is 0.0663. The molecule has 0 aliphatic rings. The standard InChI is InChI=1S/C11H14N2O4S/c1-18-6-5-12-11(17)13-8-4-2-3-7(9(8)14)10(15)16/h2-4,14H,5-6H2,1H3,(H,15,16)(H2,12,13,17). The Kier molecular flexibility index (Phi) is 5.31. The molecule has 1 aromatic carbocycles. The van der Waals surface area contributed by atoms with Crippen LogP contribution in [-0.4, -0.2) is 40.8 Å². The first-order chi connectivity index (χ1) is 8.56. The third-order valence-corrected chi connectivity index (χ3v) is 2.72. The lowest BCUT2D eigenvalue weighted by Gasteiger charge is -2.09. The molecule has 6 nitrogen and oxygen atoms in total. The predicted octanol–water partition coefficient (Wildman–Crippen LogP) is 1.57. The monoisotopic (exact) mass is 270 g/mol. The number of thioether (sulfide) groups is 1. The summed E-state index contributed by atoms with van der Waals surface area (Å²) in [4.78, 5) is 22.2. The molecule has 0 bridgehead atoms. The molecule has 0 aromatic heterocycles. The van der Waals surface area contributed by atoms with Gasteiger partial charge in [-0.25, -0.2) is 9.59 Å². The lowest BCUT2D eigenvalue weighted by molar-refractivity contribution is 0.0694. The number of carbonyl (C=O) groups excluding carboxylic acids is 1. The molecule has 0 atom stereocenters. The van der Waals surface area contributed by atoms with Gasteiger partial charge < -0.3 is 20.8 Å². The van der Waals surface area contributed by atoms with Gasteiger partial charge in [-0.3, -0.25) is 0 Å². The number of hydrogen-bond acceptors (Lipinski definition) is 4. The van der Waals surface area contributed by atoms with E-state index >= 15 is 0 Å². The van der Waals surface area contributed by atoms with E-state index in [1.807, 2.05) is 6.26 Å². The van der Waals surface area contributed by atoms with Gasteiger partial charge in [0.2, 0.25) is 0 Å². The minimum Gasteiger partial charge on any atom is -0.505 e. The zero-order valence-electron chi connectivity index (χ0n) is 9.77. The van der Waals surface area contributed by atoms with Crippen molar-refractivity contribution in [2.24, 2.45) is 0 Å². The molecular formula is C11H14N2O4S. The van der Waals surface area contributed by atoms with Crippen LogP contribution in [0, 0.1) is 0 Å². The van der Waals surface area contributed by atoms with Crippen LogP contribution in [0.2, 0.25) is 0 Å². The van der Waals surface area contributed by atoms with E-state index < -0.39 is 17.7 Å². The number of para-hydroxylation sites is 1. The summed E-state index contributed by atoms with van der Waals surface area (Å²) in [7, 11) is 0. The number of carboxylic acids is 1. The van der Waals surface area contributed by atoms with Crippen molar-refractivity contribution in [1.29, 1.82) is 0 Å². The highest BCUT2D eigenvalue weighted by molar-refractivity contribution is 7.98. The van der Waals surface area contributed by atoms with E-state index in [-0.39, 0.29) is 11.3 Å². The molecule has 0 saturated carbocycles. The van der Waals surface area contributed by atoms with Gasteiger partial charge in [0, 0.05) is 12.3 Å². The van der Waals surface area contributed by atoms with Crippen molar-refractivity contribution in [2.45, 2.75) is 0 Å². The lowest BCUT2D eigenvalue weighted by atomic mass is 10.2. The minimum atomic E-state index is -1.25. The average Bonchev–Trinajstić information content (AvgIpc) is 2.32. The normalized spacial score (nSPS) is 9.83. The summed E-state index contributed by atoms with van der Waals surface area (Å²) in [5.41, 5.74) is -0.187. The Morgan fingerprint density at radius 1 is 1.39 bits per heavy atom. The Labute approximate surface area is 108 Å². The van der Waals surface area contributed by atoms with Crippen LogP contribution < -0.4 is 10.6 Å². The van der Waals surface area contributed by atoms with Crippen LogP contribution in [0.5, 0.6) is 5.75 Å². The number of carboxylic acid groups (broad SMARTS) is 1. The van der Waals surface area contributed by atoms with Gasteiger partial charge in [0.1, 0.15) is 5.56 Å². The number of aromatic hydroxyl groups is 1. The number of hydrogen-bond donors (Lipinski definition) is 4. The van der Waals surface area contributed by atoms with Crippen molar-refractivity contribution in [2.75, 3.05) is 23.9 Å². The van der Waals surface area contributed by atoms with Crippen molar-refractivity contribution in [3.05, 3.63) is 23.8 Å². The zero-order chi connectivity index (χ0) is 13.5. The molecule has 0 spiro atoms. The largest absolute Gasteiger partial charge is 0.505 e. The van der Waals surface area contributed by atoms with Crippen LogP contribution >= 0.6 is 11.8 Å². The SMILES string of the molecule is CSCCNC(=O)Nc1cccc(C(=O)O)c1O. The fourth-order valence-corrected chi connectivity index (χ4v) is 1.56. The molecule has 18 heavy (non-hydrogen) atoms. The fraction of sp³-hybridized carbons (Fsp3) is 0.273. The molecule has 1 aromatic rings. The molecule has 0 aliphatic heterocycles. The quantitative estimate of drug-likeness (QED) is 0.481. The van der Waals surface area contributed by atoms with Crippen molar-refractivity contribution >= 4 is 29.4 Å². The fourth-order valence-electron chi connectivity index (χ4n) is 1.25. The number of anilines is 1. The first-order valence-electron chi connectivity index (χ1n) is 5.15. The first kappa shape index (κ1) is 14.2. The zero-order valence-corrected chi connectivity index (χ0v) is 10.6. The van der Waals surface area contributed by atoms with E-state index in [1.165, 1.54) is 18.2 Å². The Bertz CT molecular complexity index is 451. The van der Waals surface area contributed by atoms with Crippen molar-refractivity contribution in [3.63, 3.8) is 0 Å². The third-order valence-electron chi connectivity index (χ3n) is 2.11. The summed E-state index contributed by atoms with van der Waals surface area (Å²) in [6.07, 6.45) is 1.92. The second kappa shape index (κ2) is 6.75. The van der Waals surface area contributed by atoms with Gasteiger partial charge >= 0.3 is 12.0 Å². The second-order valence-corrected chi connectivity index (χ2v) is 4.37. The van der Waals surface area contributed by atoms with E-state index in [1.54, 1.807) is 11.8 Å². The number of urea groups is 1. The number of carbonyl (C=O) groups is 2. The summed E-state index contributed by atoms with van der Waals surface area (Å²) in [5, 5.41) is 23.4. The van der Waals surface area contributed by atoms with Gasteiger partial charge in [-0.05, 0) is 18.4 Å². The van der Waals surface area contributed by atoms with E-state index in [2.05, 4.69) is 10.6 Å². The van der Waals surface area contributed by atoms with Crippen LogP contribution in [0.1, 0.15) is 10.4 Å². The molecule has 7 heteroatoms. The maximum atomic E-state index is 11.4. The third kappa shape index (κ3) is 3.85. The predicted molar refractivity (Wildman–Crippen MR) is 70.5 cm³/mol. The highest BCUT2D eigenvalue weighted by Gasteiger charge is 2.14. The summed E-state index contributed by atoms with van der Waals surface area (Å²) >= 11 is 1.59. The Balaban J connectivity index is 2.70. The molecule has 0 aliphatic carbocycles. The smallest absolute Gasteiger partial charge is 0.339 e. The Morgan fingerprint density at radius 3 is 2.72 bits per heavy atom. The number of phenols is 1. The number of amides is 2. The summed E-state index contributed by atoms with van der Waals surface area (Å²) in [5.74, 6) is -0.932. The maximum absolute atomic E-state index is 11.4. The highest BCUT2D eigenvalue weighted by atomic mass is 32.2. The molecular weight excluding hydrogens is 256 g/mol. The maximum Gasteiger partial charge on any atom is 0.339 e. The van der Waals surface area contributed by atoms with Crippen LogP contribution in [0.25, 0.3) is 0 Å². The van der Waals surface area contributed by atoms with Crippen LogP contribution in [-0.2, 0) is 0 Å². The Hall–Kier alpha value is -1.89. The molecule has 1 rings (SSSR count). The van der Waals surface area contributed by atoms with Crippen LogP contribution in [0.15, 0.2) is 18.2 Å². The number of benzene rings is 1. The van der Waals surface area contributed by atoms with E-state index in [0.29, 0.717) is 6.54 Å². The number of rotatable bonds is 5. The van der Waals surface area contributed by atoms with E-state index in [9.17, 15) is 14.7 Å². The van der Waals surface area contributed by atoms with Crippen LogP contribution in [0.4, 0.5) is 10.5 Å². The topological polar surface area (TPSA) is 98.7 Å². The summed E-state index contributed by atoms with van der Waals surface area (Å²) in [6, 6.07) is 3.65. The molecule has 0 radical (unpaired) electrons. The molecule has 0 saturated heterocycles. The molecule has 0 unspecified atom stereocenters. The Morgan fingerprint density at radius 2 is 2.11 bits per heavy atom. The van der Waals surface area contributed by atoms with Gasteiger partial charge in [-0.15, -0.1) is 0 Å². The van der Waals surface area contributed by atoms with Crippen molar-refractivity contribution in [1.82, 2.24) is 5.32 Å². The molecule has 4 N–H and O–H groups in total. The number of nitrogens with one attached hydrogen (secondary N) is 2. The summed E-state index contributed by atoms with van der Waals surface area (Å²) in [6.45, 7) is 0.492. The van der Waals surface area contributed by atoms with Crippen molar-refractivity contribution in [3.8, 4) is 5.75 Å². The average molecular weight is 270 g/mol. The van der Waals surface area contributed by atoms with E-state index in [4.69, 9.17) is 5.11 Å². The molecule has 0 heterocycles. The van der Waals surface area contributed by atoms with Gasteiger partial charge in [0.05, 0.1) is 5.69 Å². The molecule has 98 valence electrons. The first-order valence-corrected chi connectivity index (χ1v) is 6.54. The summed E-state index contributed by atoms with van der Waals surface area (Å²) < 4.78 is 0. The van der Waals surface area contributed by atoms with E-state index in [0.717, 1.165) is 5.75 Å². The van der Waals surface area contributed by atoms with Gasteiger partial charge in [0.15, 0.2) is 5.75 Å². The van der Waals surface area contributed by atoms with Gasteiger partial charge in [-0.2, -0.15) is 11.8 Å². The van der Waals surface area contributed by atoms with Gasteiger partial charge in [-0.1, -0.05) is 6.07 Å². The van der Waals surface area contributed by atoms with Gasteiger partial charge in [0.25, 0.3) is 0 Å².